The first kappa shape index (κ1) is 82.5. The number of rotatable bonds is 17. The fraction of sp³-hybridized carbons (Fsp3) is 0. The number of hydrogen-bond acceptors (Lipinski definition) is 8. The van der Waals surface area contributed by atoms with Crippen LogP contribution in [0, 0.1) is 0 Å². The van der Waals surface area contributed by atoms with E-state index in [1.54, 1.807) is 0 Å². The minimum absolute atomic E-state index is 0.410. The van der Waals surface area contributed by atoms with Gasteiger partial charge in [-0.25, -0.2) is 19.1 Å². The van der Waals surface area contributed by atoms with Crippen LogP contribution in [0.3, 0.4) is 0 Å². The Balaban J connectivity index is 0.606. The maximum atomic E-state index is 5.86. The van der Waals surface area contributed by atoms with Crippen LogP contribution in [-0.2, 0) is 0 Å². The van der Waals surface area contributed by atoms with Crippen LogP contribution in [0.1, 0.15) is 0 Å². The zero-order valence-corrected chi connectivity index (χ0v) is 80.5. The third-order valence-corrected chi connectivity index (χ3v) is 39.6. The van der Waals surface area contributed by atoms with Crippen LogP contribution in [-0.4, -0.2) is 92.2 Å². The first-order chi connectivity index (χ1) is 72.4. The molecule has 18 heteroatoms. The molecular weight excluding hydrogens is 1820 g/mol. The summed E-state index contributed by atoms with van der Waals surface area (Å²) in [5, 5.41) is 18.8. The molecule has 30 aromatic rings. The van der Waals surface area contributed by atoms with E-state index in [4.69, 9.17) is 39.9 Å². The Kier molecular flexibility index (Phi) is 18.4. The van der Waals surface area contributed by atoms with Crippen LogP contribution < -0.4 is 41.5 Å². The highest BCUT2D eigenvalue weighted by molar-refractivity contribution is 7.20. The Hall–Kier alpha value is -19.4. The molecule has 20 aromatic carbocycles. The number of benzene rings is 20. The van der Waals surface area contributed by atoms with Gasteiger partial charge in [0, 0.05) is 65.6 Å². The lowest BCUT2D eigenvalue weighted by molar-refractivity contribution is 0.884. The highest BCUT2D eigenvalue weighted by atomic mass is 28.3. The minimum Gasteiger partial charge on any atom is -0.309 e. The molecule has 0 saturated carbocycles. The van der Waals surface area contributed by atoms with Gasteiger partial charge in [-0.2, -0.15) is 29.9 Å². The normalized spacial score (nSPS) is 12.2. The average Bonchev–Trinajstić information content (AvgIpc) is 1.54. The molecule has 0 aliphatic heterocycles. The second-order valence-electron chi connectivity index (χ2n) is 37.8. The largest absolute Gasteiger partial charge is 0.309 e. The van der Waals surface area contributed by atoms with E-state index in [0.717, 1.165) is 143 Å². The molecule has 10 aromatic heterocycles. The van der Waals surface area contributed by atoms with Crippen molar-refractivity contribution in [2.75, 3.05) is 0 Å². The van der Waals surface area contributed by atoms with E-state index >= 15 is 0 Å². The Bertz CT molecular complexity index is 10300. The molecule has 146 heavy (non-hydrogen) atoms. The number of nitrogens with zero attached hydrogens (tertiary/aromatic N) is 16. The maximum Gasteiger partial charge on any atom is 0.242 e. The Morgan fingerprint density at radius 1 is 0.144 bits per heavy atom. The molecule has 0 spiro atoms. The fourth-order valence-corrected chi connectivity index (χ4v) is 33.4. The summed E-state index contributed by atoms with van der Waals surface area (Å²) in [6.45, 7) is 0. The molecule has 0 unspecified atom stereocenters. The van der Waals surface area contributed by atoms with Crippen molar-refractivity contribution in [2.45, 2.75) is 0 Å². The van der Waals surface area contributed by atoms with Crippen molar-refractivity contribution >= 4 is 201 Å². The van der Waals surface area contributed by atoms with Crippen molar-refractivity contribution in [1.82, 2.24) is 76.1 Å². The van der Waals surface area contributed by atoms with Gasteiger partial charge in [-0.15, -0.1) is 0 Å². The number of hydrogen-bond donors (Lipinski definition) is 0. The van der Waals surface area contributed by atoms with Crippen molar-refractivity contribution in [3.05, 3.63) is 497 Å². The second kappa shape index (κ2) is 32.6. The summed E-state index contributed by atoms with van der Waals surface area (Å²) in [6, 6.07) is 181. The average molecular weight is 1900 g/mol. The molecule has 0 N–H and O–H groups in total. The summed E-state index contributed by atoms with van der Waals surface area (Å²) in [6.07, 6.45) is 0. The summed E-state index contributed by atoms with van der Waals surface area (Å²) >= 11 is 0. The third-order valence-electron chi connectivity index (χ3n) is 30.1. The van der Waals surface area contributed by atoms with E-state index in [-0.39, 0.29) is 0 Å². The second-order valence-corrected chi connectivity index (χ2v) is 45.4. The van der Waals surface area contributed by atoms with Crippen LogP contribution >= 0.6 is 0 Å². The molecule has 0 amide bonds. The maximum absolute atomic E-state index is 5.86. The number of imidazole rings is 4. The van der Waals surface area contributed by atoms with Gasteiger partial charge in [-0.05, 0) is 180 Å². The molecule has 0 aliphatic carbocycles. The van der Waals surface area contributed by atoms with Crippen molar-refractivity contribution in [3.63, 3.8) is 0 Å². The quantitative estimate of drug-likeness (QED) is 0.0648. The molecule has 16 nitrogen and oxygen atoms in total. The third kappa shape index (κ3) is 12.3. The van der Waals surface area contributed by atoms with E-state index in [0.29, 0.717) is 47.0 Å². The first-order valence-electron chi connectivity index (χ1n) is 49.4. The minimum atomic E-state index is -3.47. The molecule has 0 fully saturated rings. The molecular formula is C128H82N16Si2. The van der Waals surface area contributed by atoms with Crippen molar-refractivity contribution < 1.29 is 0 Å². The van der Waals surface area contributed by atoms with Gasteiger partial charge in [0.25, 0.3) is 0 Å². The summed E-state index contributed by atoms with van der Waals surface area (Å²) in [5.41, 5.74) is 21.2. The number of fused-ring (bicyclic) bond motifs is 22. The molecule has 30 rings (SSSR count). The summed E-state index contributed by atoms with van der Waals surface area (Å²) in [4.78, 5) is 45.7. The Morgan fingerprint density at radius 3 is 0.781 bits per heavy atom. The van der Waals surface area contributed by atoms with Crippen molar-refractivity contribution in [1.29, 1.82) is 0 Å². The monoisotopic (exact) mass is 1900 g/mol. The zero-order chi connectivity index (χ0) is 95.8. The number of para-hydroxylation sites is 11. The Morgan fingerprint density at radius 2 is 0.411 bits per heavy atom. The molecule has 10 heterocycles. The molecule has 0 bridgehead atoms. The molecule has 0 saturated heterocycles. The van der Waals surface area contributed by atoms with Gasteiger partial charge >= 0.3 is 0 Å². The van der Waals surface area contributed by atoms with E-state index in [2.05, 4.69) is 534 Å². The van der Waals surface area contributed by atoms with E-state index in [1.807, 2.05) is 0 Å². The summed E-state index contributed by atoms with van der Waals surface area (Å²) < 4.78 is 18.1. The van der Waals surface area contributed by atoms with Crippen molar-refractivity contribution in [2.24, 2.45) is 0 Å². The molecule has 682 valence electrons. The van der Waals surface area contributed by atoms with Crippen LogP contribution in [0.2, 0.25) is 0 Å². The van der Waals surface area contributed by atoms with Crippen LogP contribution in [0.25, 0.3) is 212 Å². The van der Waals surface area contributed by atoms with E-state index in [9.17, 15) is 0 Å². The fourth-order valence-electron chi connectivity index (χ4n) is 23.9. The van der Waals surface area contributed by atoms with Gasteiger partial charge in [0.15, 0.2) is 27.8 Å². The predicted molar refractivity (Wildman–Crippen MR) is 600 cm³/mol. The van der Waals surface area contributed by atoms with Gasteiger partial charge in [-0.3, -0.25) is 17.9 Å². The molecule has 0 aliphatic rings. The van der Waals surface area contributed by atoms with Gasteiger partial charge in [-0.1, -0.05) is 370 Å². The van der Waals surface area contributed by atoms with E-state index < -0.39 is 16.1 Å². The Labute approximate surface area is 837 Å². The highest BCUT2D eigenvalue weighted by Gasteiger charge is 2.45. The van der Waals surface area contributed by atoms with Crippen LogP contribution in [0.15, 0.2) is 497 Å². The zero-order valence-electron chi connectivity index (χ0n) is 78.5. The standard InChI is InChI=1S/C128H82N16Si2/c1-6-42-89(43-7-1)145(90-44-8-2-9-45-90,91-46-10-3-11-47-91)95-72-75-117-119(81-95)141-115-69-32-23-60-105(115)129-127(141)143(117)126-134-122(86-39-35-41-88(78-86)138-109-64-27-18-55-99(109)100-56-19-28-65-110(100)138)132-124(136-126)140-113-68-31-22-59-103(113)104-80-84(71-74-114(104)140)83-37-36-52-94(79-83)146(92-48-12-4-13-49-92,93-50-14-5-15-51-93)96-73-76-118-120(82-96)142-116-70-33-24-61-106(116)130-128(142)144(118)125-133-121(131-123(135-125)139-111-66-29-20-57-101(111)102-58-21-30-67-112(102)139)85-38-34-40-87(77-85)137-107-62-25-16-53-97(107)98-54-17-26-63-108(98)137/h1-82H. The predicted octanol–water partition coefficient (Wildman–Crippen LogP) is 23.7. The topological polar surface area (TPSA) is 142 Å². The smallest absolute Gasteiger partial charge is 0.242 e. The summed E-state index contributed by atoms with van der Waals surface area (Å²) in [7, 11) is -6.55. The lowest BCUT2D eigenvalue weighted by Gasteiger charge is -2.34. The summed E-state index contributed by atoms with van der Waals surface area (Å²) in [5.74, 6) is 4.07. The van der Waals surface area contributed by atoms with Crippen molar-refractivity contribution in [3.8, 4) is 69.1 Å². The van der Waals surface area contributed by atoms with Gasteiger partial charge in [0.2, 0.25) is 35.3 Å². The van der Waals surface area contributed by atoms with Crippen LogP contribution in [0.4, 0.5) is 0 Å². The van der Waals surface area contributed by atoms with Gasteiger partial charge in [0.1, 0.15) is 0 Å². The lowest BCUT2D eigenvalue weighted by atomic mass is 10.0. The van der Waals surface area contributed by atoms with Gasteiger partial charge in [0.05, 0.1) is 88.3 Å². The molecule has 0 atom stereocenters. The van der Waals surface area contributed by atoms with Gasteiger partial charge < -0.3 is 9.13 Å². The highest BCUT2D eigenvalue weighted by Crippen LogP contribution is 2.42. The first-order valence-corrected chi connectivity index (χ1v) is 53.4. The number of aromatic nitrogens is 16. The van der Waals surface area contributed by atoms with E-state index in [1.165, 1.54) is 63.0 Å². The lowest BCUT2D eigenvalue weighted by Crippen LogP contribution is -2.74. The molecule has 0 radical (unpaired) electrons. The SMILES string of the molecule is c1ccc([Si](c2ccccc2)(c2cccc(-c3ccc4c(c3)c3ccccc3n4-c3nc(-c4cccc(-n5c6ccccc6c6ccccc65)c4)nc(-n4c5ccc([Si](c6ccccc6)(c6ccccc6)c6ccccc6)cc5n5c6ccccc6nc45)n3)c2)c2ccc3c(c2)n2c4ccccc4nc2n3-c2nc(-c3cccc(-n4c5ccccc5c5ccccc54)c3)nc(-n3c4ccccc4c4ccccc43)n2)cc1. The van der Waals surface area contributed by atoms with Crippen LogP contribution in [0.5, 0.6) is 0 Å².